The maximum Gasteiger partial charge on any atom is 0.0380 e. The molecule has 0 amide bonds. The van der Waals surface area contributed by atoms with E-state index in [0.29, 0.717) is 11.5 Å². The first kappa shape index (κ1) is 13.6. The average molecular weight is 268 g/mol. The summed E-state index contributed by atoms with van der Waals surface area (Å²) in [6.07, 6.45) is 10.6. The molecule has 1 aliphatic rings. The van der Waals surface area contributed by atoms with Crippen LogP contribution in [0.15, 0.2) is 36.7 Å². The van der Waals surface area contributed by atoms with Crippen molar-refractivity contribution < 1.29 is 0 Å². The molecule has 0 spiro atoms. The Labute approximate surface area is 121 Å². The molecule has 1 fully saturated rings. The molecule has 2 aromatic rings. The van der Waals surface area contributed by atoms with Crippen molar-refractivity contribution in [3.8, 4) is 0 Å². The maximum atomic E-state index is 4.25. The quantitative estimate of drug-likeness (QED) is 0.885. The van der Waals surface area contributed by atoms with Gasteiger partial charge in [-0.1, -0.05) is 38.0 Å². The summed E-state index contributed by atoms with van der Waals surface area (Å²) in [5.41, 5.74) is 1.86. The van der Waals surface area contributed by atoms with Gasteiger partial charge in [0.2, 0.25) is 0 Å². The van der Waals surface area contributed by atoms with Gasteiger partial charge in [0, 0.05) is 23.8 Å². The molecule has 1 saturated carbocycles. The van der Waals surface area contributed by atoms with Gasteiger partial charge >= 0.3 is 0 Å². The molecule has 0 saturated heterocycles. The van der Waals surface area contributed by atoms with Gasteiger partial charge in [-0.05, 0) is 48.7 Å². The molecule has 1 aliphatic carbocycles. The van der Waals surface area contributed by atoms with E-state index < -0.39 is 0 Å². The Hall–Kier alpha value is -1.41. The Morgan fingerprint density at radius 3 is 2.75 bits per heavy atom. The van der Waals surface area contributed by atoms with E-state index in [4.69, 9.17) is 0 Å². The van der Waals surface area contributed by atoms with Gasteiger partial charge < -0.3 is 5.32 Å². The minimum Gasteiger partial charge on any atom is -0.313 e. The second-order valence-electron chi connectivity index (χ2n) is 6.09. The first-order chi connectivity index (χ1) is 9.80. The summed E-state index contributed by atoms with van der Waals surface area (Å²) in [7, 11) is 2.11. The lowest BCUT2D eigenvalue weighted by molar-refractivity contribution is 0.196. The van der Waals surface area contributed by atoms with E-state index in [0.717, 1.165) is 0 Å². The fourth-order valence-electron chi connectivity index (χ4n) is 4.12. The Morgan fingerprint density at radius 2 is 2.05 bits per heavy atom. The van der Waals surface area contributed by atoms with Crippen LogP contribution in [0.4, 0.5) is 0 Å². The predicted molar refractivity (Wildman–Crippen MR) is 84.7 cm³/mol. The molecule has 1 heterocycles. The fraction of sp³-hybridized carbons (Fsp3) is 0.500. The highest BCUT2D eigenvalue weighted by Crippen LogP contribution is 2.50. The third-order valence-electron chi connectivity index (χ3n) is 5.23. The largest absolute Gasteiger partial charge is 0.313 e. The average Bonchev–Trinajstić information content (AvgIpc) is 2.98. The van der Waals surface area contributed by atoms with Crippen molar-refractivity contribution in [2.75, 3.05) is 7.05 Å². The number of nitrogens with zero attached hydrogens (tertiary/aromatic N) is 1. The molecular formula is C18H24N2. The summed E-state index contributed by atoms with van der Waals surface area (Å²) in [5.74, 6) is 0. The predicted octanol–water partition coefficient (Wildman–Crippen LogP) is 4.47. The number of fused-ring (bicyclic) bond motifs is 1. The minimum atomic E-state index is 0.423. The summed E-state index contributed by atoms with van der Waals surface area (Å²) in [5, 5.41) is 6.22. The van der Waals surface area contributed by atoms with Crippen LogP contribution in [-0.2, 0) is 0 Å². The lowest BCUT2D eigenvalue weighted by Crippen LogP contribution is -2.34. The smallest absolute Gasteiger partial charge is 0.0380 e. The van der Waals surface area contributed by atoms with Crippen molar-refractivity contribution >= 4 is 10.8 Å². The monoisotopic (exact) mass is 268 g/mol. The number of pyridine rings is 1. The van der Waals surface area contributed by atoms with Crippen molar-refractivity contribution in [3.05, 3.63) is 42.2 Å². The summed E-state index contributed by atoms with van der Waals surface area (Å²) in [6.45, 7) is 2.35. The van der Waals surface area contributed by atoms with Gasteiger partial charge in [0.15, 0.2) is 0 Å². The highest BCUT2D eigenvalue weighted by molar-refractivity contribution is 5.85. The van der Waals surface area contributed by atoms with Crippen molar-refractivity contribution in [1.82, 2.24) is 10.3 Å². The summed E-state index contributed by atoms with van der Waals surface area (Å²) < 4.78 is 0. The van der Waals surface area contributed by atoms with Gasteiger partial charge in [-0.3, -0.25) is 4.98 Å². The SMILES string of the molecule is CCC1(C(NC)c2cccc3cnccc23)CCCC1. The molecular weight excluding hydrogens is 244 g/mol. The van der Waals surface area contributed by atoms with Gasteiger partial charge in [0.1, 0.15) is 0 Å². The molecule has 1 atom stereocenters. The standard InChI is InChI=1S/C18H24N2/c1-3-18(10-4-5-11-18)17(19-2)16-8-6-7-14-13-20-12-9-15(14)16/h6-9,12-13,17,19H,3-5,10-11H2,1-2H3. The number of nitrogens with one attached hydrogen (secondary N) is 1. The van der Waals surface area contributed by atoms with Gasteiger partial charge in [-0.15, -0.1) is 0 Å². The highest BCUT2D eigenvalue weighted by atomic mass is 14.9. The Kier molecular flexibility index (Phi) is 3.75. The van der Waals surface area contributed by atoms with E-state index >= 15 is 0 Å². The molecule has 3 rings (SSSR count). The van der Waals surface area contributed by atoms with Gasteiger partial charge in [-0.25, -0.2) is 0 Å². The topological polar surface area (TPSA) is 24.9 Å². The van der Waals surface area contributed by atoms with E-state index in [9.17, 15) is 0 Å². The van der Waals surface area contributed by atoms with Crippen molar-refractivity contribution in [3.63, 3.8) is 0 Å². The molecule has 2 heteroatoms. The van der Waals surface area contributed by atoms with E-state index in [2.05, 4.69) is 48.5 Å². The van der Waals surface area contributed by atoms with Crippen LogP contribution >= 0.6 is 0 Å². The van der Waals surface area contributed by atoms with E-state index in [1.807, 2.05) is 12.4 Å². The highest BCUT2D eigenvalue weighted by Gasteiger charge is 2.40. The zero-order valence-electron chi connectivity index (χ0n) is 12.5. The number of benzene rings is 1. The number of hydrogen-bond donors (Lipinski definition) is 1. The van der Waals surface area contributed by atoms with Crippen LogP contribution in [-0.4, -0.2) is 12.0 Å². The van der Waals surface area contributed by atoms with Gasteiger partial charge in [0.05, 0.1) is 0 Å². The first-order valence-corrected chi connectivity index (χ1v) is 7.80. The molecule has 0 radical (unpaired) electrons. The Bertz CT molecular complexity index is 579. The molecule has 1 N–H and O–H groups in total. The second kappa shape index (κ2) is 5.53. The van der Waals surface area contributed by atoms with Crippen molar-refractivity contribution in [2.24, 2.45) is 5.41 Å². The van der Waals surface area contributed by atoms with Crippen molar-refractivity contribution in [1.29, 1.82) is 0 Å². The van der Waals surface area contributed by atoms with E-state index in [1.165, 1.54) is 48.4 Å². The summed E-state index contributed by atoms with van der Waals surface area (Å²) >= 11 is 0. The molecule has 1 unspecified atom stereocenters. The first-order valence-electron chi connectivity index (χ1n) is 7.80. The zero-order chi connectivity index (χ0) is 14.0. The number of hydrogen-bond acceptors (Lipinski definition) is 2. The van der Waals surface area contributed by atoms with Crippen LogP contribution in [0, 0.1) is 5.41 Å². The van der Waals surface area contributed by atoms with Gasteiger partial charge in [0.25, 0.3) is 0 Å². The zero-order valence-corrected chi connectivity index (χ0v) is 12.5. The molecule has 1 aromatic heterocycles. The van der Waals surface area contributed by atoms with E-state index in [-0.39, 0.29) is 0 Å². The minimum absolute atomic E-state index is 0.423. The number of rotatable bonds is 4. The van der Waals surface area contributed by atoms with Crippen LogP contribution < -0.4 is 5.32 Å². The normalized spacial score (nSPS) is 19.3. The van der Waals surface area contributed by atoms with E-state index in [1.54, 1.807) is 0 Å². The van der Waals surface area contributed by atoms with Crippen LogP contribution in [0.1, 0.15) is 50.6 Å². The second-order valence-corrected chi connectivity index (χ2v) is 6.09. The molecule has 20 heavy (non-hydrogen) atoms. The fourth-order valence-corrected chi connectivity index (χ4v) is 4.12. The summed E-state index contributed by atoms with van der Waals surface area (Å²) in [6, 6.07) is 9.22. The van der Waals surface area contributed by atoms with Crippen LogP contribution in [0.3, 0.4) is 0 Å². The summed E-state index contributed by atoms with van der Waals surface area (Å²) in [4.78, 5) is 4.25. The third kappa shape index (κ3) is 2.12. The van der Waals surface area contributed by atoms with Crippen molar-refractivity contribution in [2.45, 2.75) is 45.1 Å². The van der Waals surface area contributed by atoms with Gasteiger partial charge in [-0.2, -0.15) is 0 Å². The molecule has 0 bridgehead atoms. The lowest BCUT2D eigenvalue weighted by Gasteiger charge is -2.37. The molecule has 1 aromatic carbocycles. The Balaban J connectivity index is 2.12. The number of aromatic nitrogens is 1. The maximum absolute atomic E-state index is 4.25. The van der Waals surface area contributed by atoms with Crippen LogP contribution in [0.2, 0.25) is 0 Å². The molecule has 0 aliphatic heterocycles. The lowest BCUT2D eigenvalue weighted by atomic mass is 9.72. The third-order valence-corrected chi connectivity index (χ3v) is 5.23. The molecule has 106 valence electrons. The molecule has 2 nitrogen and oxygen atoms in total. The Morgan fingerprint density at radius 1 is 1.25 bits per heavy atom. The van der Waals surface area contributed by atoms with Crippen LogP contribution in [0.25, 0.3) is 10.8 Å². The van der Waals surface area contributed by atoms with Crippen LogP contribution in [0.5, 0.6) is 0 Å².